The van der Waals surface area contributed by atoms with Crippen molar-refractivity contribution < 1.29 is 9.90 Å². The number of aliphatic hydroxyl groups excluding tert-OH is 1. The molecule has 1 fully saturated rings. The number of nitrogens with zero attached hydrogens (tertiary/aromatic N) is 1. The molecule has 2 rings (SSSR count). The van der Waals surface area contributed by atoms with Gasteiger partial charge in [-0.2, -0.15) is 0 Å². The summed E-state index contributed by atoms with van der Waals surface area (Å²) in [5, 5.41) is 13.7. The zero-order chi connectivity index (χ0) is 15.1. The van der Waals surface area contributed by atoms with Crippen LogP contribution in [0, 0.1) is 17.8 Å². The molecule has 21 heavy (non-hydrogen) atoms. The highest BCUT2D eigenvalue weighted by atomic mass is 32.1. The van der Waals surface area contributed by atoms with Gasteiger partial charge in [-0.25, -0.2) is 4.79 Å². The average Bonchev–Trinajstić information content (AvgIpc) is 2.93. The molecule has 1 aliphatic heterocycles. The number of thiophene rings is 1. The van der Waals surface area contributed by atoms with Crippen molar-refractivity contribution in [3.05, 3.63) is 21.9 Å². The largest absolute Gasteiger partial charge is 0.395 e. The van der Waals surface area contributed by atoms with E-state index in [0.29, 0.717) is 13.0 Å². The Morgan fingerprint density at radius 1 is 1.52 bits per heavy atom. The van der Waals surface area contributed by atoms with Crippen LogP contribution >= 0.6 is 11.3 Å². The number of urea groups is 1. The molecule has 0 aliphatic carbocycles. The van der Waals surface area contributed by atoms with E-state index in [4.69, 9.17) is 5.11 Å². The number of carbonyl (C=O) groups excluding carboxylic acids is 1. The van der Waals surface area contributed by atoms with Gasteiger partial charge >= 0.3 is 6.03 Å². The van der Waals surface area contributed by atoms with E-state index in [0.717, 1.165) is 42.3 Å². The zero-order valence-electron chi connectivity index (χ0n) is 12.4. The van der Waals surface area contributed by atoms with Crippen LogP contribution < -0.4 is 5.32 Å². The Bertz CT molecular complexity index is 522. The zero-order valence-corrected chi connectivity index (χ0v) is 13.2. The average molecular weight is 306 g/mol. The molecular weight excluding hydrogens is 284 g/mol. The number of hydrogen-bond donors (Lipinski definition) is 2. The molecule has 0 bridgehead atoms. The maximum atomic E-state index is 12.1. The Balaban J connectivity index is 1.84. The first-order chi connectivity index (χ1) is 10.2. The summed E-state index contributed by atoms with van der Waals surface area (Å²) in [4.78, 5) is 15.1. The summed E-state index contributed by atoms with van der Waals surface area (Å²) in [6.45, 7) is 4.53. The molecule has 1 saturated heterocycles. The number of aliphatic hydroxyl groups is 1. The van der Waals surface area contributed by atoms with Crippen molar-refractivity contribution >= 4 is 17.4 Å². The number of amides is 2. The van der Waals surface area contributed by atoms with Crippen molar-refractivity contribution in [3.8, 4) is 11.8 Å². The Morgan fingerprint density at radius 2 is 2.29 bits per heavy atom. The molecule has 1 aromatic rings. The molecule has 114 valence electrons. The summed E-state index contributed by atoms with van der Waals surface area (Å²) in [5.41, 5.74) is 0.945. The summed E-state index contributed by atoms with van der Waals surface area (Å²) >= 11 is 1.60. The fourth-order valence-corrected chi connectivity index (χ4v) is 3.05. The molecule has 2 amide bonds. The molecular formula is C16H22N2O2S. The SMILES string of the molecule is CC1CCN(C(=O)NCc2sccc2C#CCCO)CC1. The summed E-state index contributed by atoms with van der Waals surface area (Å²) in [5.74, 6) is 6.68. The molecule has 0 radical (unpaired) electrons. The lowest BCUT2D eigenvalue weighted by Gasteiger charge is -2.30. The standard InChI is InChI=1S/C16H22N2O2S/c1-13-5-8-18(9-6-13)16(20)17-12-15-14(7-11-21-15)4-2-3-10-19/h7,11,13,19H,3,5-6,8-10,12H2,1H3,(H,17,20). The van der Waals surface area contributed by atoms with Crippen LogP contribution in [0.2, 0.25) is 0 Å². The second-order valence-electron chi connectivity index (χ2n) is 5.36. The maximum absolute atomic E-state index is 12.1. The highest BCUT2D eigenvalue weighted by molar-refractivity contribution is 7.10. The third kappa shape index (κ3) is 4.76. The highest BCUT2D eigenvalue weighted by Crippen LogP contribution is 2.17. The van der Waals surface area contributed by atoms with Crippen LogP contribution in [0.1, 0.15) is 36.6 Å². The van der Waals surface area contributed by atoms with E-state index >= 15 is 0 Å². The van der Waals surface area contributed by atoms with Crippen LogP contribution in [-0.2, 0) is 6.54 Å². The minimum absolute atomic E-state index is 0.0181. The quantitative estimate of drug-likeness (QED) is 0.843. The van der Waals surface area contributed by atoms with E-state index in [-0.39, 0.29) is 12.6 Å². The molecule has 0 atom stereocenters. The van der Waals surface area contributed by atoms with E-state index in [1.807, 2.05) is 16.3 Å². The normalized spacial score (nSPS) is 15.4. The van der Waals surface area contributed by atoms with Crippen molar-refractivity contribution in [3.63, 3.8) is 0 Å². The topological polar surface area (TPSA) is 52.6 Å². The lowest BCUT2D eigenvalue weighted by Crippen LogP contribution is -2.43. The first kappa shape index (κ1) is 15.9. The molecule has 1 aromatic heterocycles. The Labute approximate surface area is 130 Å². The molecule has 5 heteroatoms. The fourth-order valence-electron chi connectivity index (χ4n) is 2.28. The van der Waals surface area contributed by atoms with E-state index in [1.165, 1.54) is 0 Å². The lowest BCUT2D eigenvalue weighted by atomic mass is 10.00. The highest BCUT2D eigenvalue weighted by Gasteiger charge is 2.20. The lowest BCUT2D eigenvalue weighted by molar-refractivity contribution is 0.173. The minimum atomic E-state index is 0.0181. The fraction of sp³-hybridized carbons (Fsp3) is 0.562. The van der Waals surface area contributed by atoms with Gasteiger partial charge in [-0.05, 0) is 30.2 Å². The van der Waals surface area contributed by atoms with E-state index in [1.54, 1.807) is 11.3 Å². The molecule has 2 heterocycles. The summed E-state index contributed by atoms with van der Waals surface area (Å²) in [6.07, 6.45) is 2.65. The second-order valence-corrected chi connectivity index (χ2v) is 6.36. The number of carbonyl (C=O) groups is 1. The van der Waals surface area contributed by atoms with Crippen LogP contribution in [0.4, 0.5) is 4.79 Å². The Hall–Kier alpha value is -1.51. The molecule has 0 saturated carbocycles. The number of hydrogen-bond acceptors (Lipinski definition) is 3. The van der Waals surface area contributed by atoms with Crippen LogP contribution in [-0.4, -0.2) is 35.7 Å². The predicted octanol–water partition coefficient (Wildman–Crippen LogP) is 2.42. The van der Waals surface area contributed by atoms with E-state index in [9.17, 15) is 4.79 Å². The third-order valence-corrected chi connectivity index (χ3v) is 4.60. The van der Waals surface area contributed by atoms with E-state index in [2.05, 4.69) is 24.1 Å². The number of nitrogens with one attached hydrogen (secondary N) is 1. The summed E-state index contributed by atoms with van der Waals surface area (Å²) < 4.78 is 0. The molecule has 2 N–H and O–H groups in total. The first-order valence-corrected chi connectivity index (χ1v) is 8.27. The van der Waals surface area contributed by atoms with Crippen LogP contribution in [0.3, 0.4) is 0 Å². The van der Waals surface area contributed by atoms with E-state index < -0.39 is 0 Å². The summed E-state index contributed by atoms with van der Waals surface area (Å²) in [6, 6.07) is 1.98. The van der Waals surface area contributed by atoms with Gasteiger partial charge in [0.2, 0.25) is 0 Å². The molecule has 1 aliphatic rings. The van der Waals surface area contributed by atoms with Gasteiger partial charge in [0, 0.05) is 30.0 Å². The number of piperidine rings is 1. The third-order valence-electron chi connectivity index (χ3n) is 3.68. The van der Waals surface area contributed by atoms with Crippen molar-refractivity contribution in [2.45, 2.75) is 32.7 Å². The molecule has 0 unspecified atom stereocenters. The maximum Gasteiger partial charge on any atom is 0.317 e. The van der Waals surface area contributed by atoms with Gasteiger partial charge in [0.05, 0.1) is 13.2 Å². The number of rotatable bonds is 3. The predicted molar refractivity (Wildman–Crippen MR) is 85.1 cm³/mol. The second kappa shape index (κ2) is 8.06. The van der Waals surface area contributed by atoms with Gasteiger partial charge in [0.15, 0.2) is 0 Å². The van der Waals surface area contributed by atoms with Crippen LogP contribution in [0.15, 0.2) is 11.4 Å². The van der Waals surface area contributed by atoms with Gasteiger partial charge in [-0.15, -0.1) is 11.3 Å². The summed E-state index contributed by atoms with van der Waals surface area (Å²) in [7, 11) is 0. The first-order valence-electron chi connectivity index (χ1n) is 7.39. The van der Waals surface area contributed by atoms with Crippen molar-refractivity contribution in [1.29, 1.82) is 0 Å². The van der Waals surface area contributed by atoms with Gasteiger partial charge < -0.3 is 15.3 Å². The van der Waals surface area contributed by atoms with Gasteiger partial charge in [-0.1, -0.05) is 18.8 Å². The van der Waals surface area contributed by atoms with Crippen molar-refractivity contribution in [1.82, 2.24) is 10.2 Å². The minimum Gasteiger partial charge on any atom is -0.395 e. The van der Waals surface area contributed by atoms with Crippen molar-refractivity contribution in [2.75, 3.05) is 19.7 Å². The molecule has 0 aromatic carbocycles. The molecule has 4 nitrogen and oxygen atoms in total. The Morgan fingerprint density at radius 3 is 3.00 bits per heavy atom. The van der Waals surface area contributed by atoms with Crippen LogP contribution in [0.25, 0.3) is 0 Å². The van der Waals surface area contributed by atoms with Gasteiger partial charge in [0.1, 0.15) is 0 Å². The smallest absolute Gasteiger partial charge is 0.317 e. The van der Waals surface area contributed by atoms with Gasteiger partial charge in [0.25, 0.3) is 0 Å². The Kier molecular flexibility index (Phi) is 6.09. The molecule has 0 spiro atoms. The number of likely N-dealkylation sites (tertiary alicyclic amines) is 1. The van der Waals surface area contributed by atoms with Gasteiger partial charge in [-0.3, -0.25) is 0 Å². The monoisotopic (exact) mass is 306 g/mol. The van der Waals surface area contributed by atoms with Crippen molar-refractivity contribution in [2.24, 2.45) is 5.92 Å². The van der Waals surface area contributed by atoms with Crippen LogP contribution in [0.5, 0.6) is 0 Å².